The van der Waals surface area contributed by atoms with Crippen LogP contribution in [0.15, 0.2) is 5.03 Å². The third-order valence-electron chi connectivity index (χ3n) is 3.59. The van der Waals surface area contributed by atoms with Crippen LogP contribution in [0.5, 0.6) is 0 Å². The highest BCUT2D eigenvalue weighted by Crippen LogP contribution is 2.42. The van der Waals surface area contributed by atoms with E-state index >= 15 is 0 Å². The van der Waals surface area contributed by atoms with Gasteiger partial charge in [-0.05, 0) is 39.2 Å². The fourth-order valence-corrected chi connectivity index (χ4v) is 4.18. The van der Waals surface area contributed by atoms with Crippen LogP contribution in [0.1, 0.15) is 41.9 Å². The van der Waals surface area contributed by atoms with Gasteiger partial charge in [0.25, 0.3) is 0 Å². The lowest BCUT2D eigenvalue weighted by Gasteiger charge is -2.06. The van der Waals surface area contributed by atoms with Gasteiger partial charge in [-0.2, -0.15) is 0 Å². The molecule has 3 rings (SSSR count). The van der Waals surface area contributed by atoms with Crippen LogP contribution < -0.4 is 0 Å². The molecule has 1 fully saturated rings. The molecule has 1 aliphatic carbocycles. The van der Waals surface area contributed by atoms with E-state index in [9.17, 15) is 4.79 Å². The summed E-state index contributed by atoms with van der Waals surface area (Å²) >= 11 is 3.18. The Bertz CT molecular complexity index is 693. The van der Waals surface area contributed by atoms with Crippen molar-refractivity contribution in [3.63, 3.8) is 0 Å². The number of aromatic nitrogens is 2. The van der Waals surface area contributed by atoms with Crippen molar-refractivity contribution in [1.82, 2.24) is 9.97 Å². The fraction of sp³-hybridized carbons (Fsp3) is 0.533. The van der Waals surface area contributed by atoms with E-state index in [2.05, 4.69) is 13.8 Å². The minimum atomic E-state index is -0.188. The van der Waals surface area contributed by atoms with Crippen molar-refractivity contribution in [3.05, 3.63) is 16.3 Å². The zero-order valence-corrected chi connectivity index (χ0v) is 14.1. The highest BCUT2D eigenvalue weighted by atomic mass is 32.2. The summed E-state index contributed by atoms with van der Waals surface area (Å²) in [6.07, 6.45) is 2.35. The lowest BCUT2D eigenvalue weighted by Crippen LogP contribution is -2.07. The van der Waals surface area contributed by atoms with Crippen LogP contribution in [0.4, 0.5) is 0 Å². The maximum absolute atomic E-state index is 11.6. The number of nitrogens with zero attached hydrogens (tertiary/aromatic N) is 2. The van der Waals surface area contributed by atoms with Crippen LogP contribution in [-0.4, -0.2) is 28.3 Å². The SMILES string of the molecule is CCOC(=O)CSc1nc(C2CC2)nc2sc(C)c(C)c12. The molecule has 1 saturated carbocycles. The van der Waals surface area contributed by atoms with Crippen LogP contribution in [0.25, 0.3) is 10.2 Å². The monoisotopic (exact) mass is 322 g/mol. The molecular formula is C15H18N2O2S2. The molecule has 0 aromatic carbocycles. The second-order valence-electron chi connectivity index (χ2n) is 5.22. The second kappa shape index (κ2) is 5.93. The van der Waals surface area contributed by atoms with Gasteiger partial charge in [0.2, 0.25) is 0 Å². The first-order valence-corrected chi connectivity index (χ1v) is 8.96. The maximum Gasteiger partial charge on any atom is 0.316 e. The maximum atomic E-state index is 11.6. The summed E-state index contributed by atoms with van der Waals surface area (Å²) in [7, 11) is 0. The van der Waals surface area contributed by atoms with Gasteiger partial charge in [-0.15, -0.1) is 11.3 Å². The number of carbonyl (C=O) groups excluding carboxylic acids is 1. The Morgan fingerprint density at radius 3 is 2.81 bits per heavy atom. The first kappa shape index (κ1) is 14.8. The molecule has 0 amide bonds. The molecule has 21 heavy (non-hydrogen) atoms. The molecule has 2 heterocycles. The minimum absolute atomic E-state index is 0.188. The first-order chi connectivity index (χ1) is 10.1. The second-order valence-corrected chi connectivity index (χ2v) is 7.39. The minimum Gasteiger partial charge on any atom is -0.465 e. The number of carbonyl (C=O) groups is 1. The fourth-order valence-electron chi connectivity index (χ4n) is 2.19. The van der Waals surface area contributed by atoms with Crippen molar-refractivity contribution in [2.24, 2.45) is 0 Å². The normalized spacial score (nSPS) is 14.6. The zero-order valence-electron chi connectivity index (χ0n) is 12.4. The number of fused-ring (bicyclic) bond motifs is 1. The summed E-state index contributed by atoms with van der Waals surface area (Å²) in [5, 5.41) is 2.04. The molecule has 1 aliphatic rings. The number of aryl methyl sites for hydroxylation is 2. The number of thioether (sulfide) groups is 1. The number of hydrogen-bond acceptors (Lipinski definition) is 6. The molecule has 2 aromatic rings. The van der Waals surface area contributed by atoms with E-state index in [-0.39, 0.29) is 5.97 Å². The van der Waals surface area contributed by atoms with Gasteiger partial charge >= 0.3 is 5.97 Å². The number of thiophene rings is 1. The zero-order chi connectivity index (χ0) is 15.0. The predicted molar refractivity (Wildman–Crippen MR) is 86.2 cm³/mol. The Hall–Kier alpha value is -1.14. The molecule has 0 unspecified atom stereocenters. The van der Waals surface area contributed by atoms with Crippen molar-refractivity contribution < 1.29 is 9.53 Å². The molecule has 2 aromatic heterocycles. The van der Waals surface area contributed by atoms with Crippen molar-refractivity contribution in [2.75, 3.05) is 12.4 Å². The van der Waals surface area contributed by atoms with Gasteiger partial charge in [-0.3, -0.25) is 4.79 Å². The van der Waals surface area contributed by atoms with E-state index < -0.39 is 0 Å². The summed E-state index contributed by atoms with van der Waals surface area (Å²) in [6.45, 7) is 6.45. The van der Waals surface area contributed by atoms with Gasteiger partial charge in [0.1, 0.15) is 15.7 Å². The Morgan fingerprint density at radius 2 is 2.14 bits per heavy atom. The molecule has 0 spiro atoms. The van der Waals surface area contributed by atoms with E-state index in [1.54, 1.807) is 11.3 Å². The predicted octanol–water partition coefficient (Wildman–Crippen LogP) is 3.84. The van der Waals surface area contributed by atoms with Crippen LogP contribution in [0, 0.1) is 13.8 Å². The number of ether oxygens (including phenoxy) is 1. The van der Waals surface area contributed by atoms with E-state index in [1.165, 1.54) is 35.0 Å². The number of rotatable bonds is 5. The van der Waals surface area contributed by atoms with Gasteiger partial charge in [0.05, 0.1) is 12.4 Å². The van der Waals surface area contributed by atoms with E-state index in [4.69, 9.17) is 14.7 Å². The Morgan fingerprint density at radius 1 is 1.38 bits per heavy atom. The summed E-state index contributed by atoms with van der Waals surface area (Å²) in [6, 6.07) is 0. The molecule has 0 saturated heterocycles. The Balaban J connectivity index is 1.95. The molecule has 0 aliphatic heterocycles. The van der Waals surface area contributed by atoms with E-state index in [0.717, 1.165) is 21.1 Å². The van der Waals surface area contributed by atoms with Crippen LogP contribution in [0.3, 0.4) is 0 Å². The molecule has 6 heteroatoms. The van der Waals surface area contributed by atoms with E-state index in [0.29, 0.717) is 18.3 Å². The third-order valence-corrected chi connectivity index (χ3v) is 5.64. The van der Waals surface area contributed by atoms with Crippen LogP contribution in [-0.2, 0) is 9.53 Å². The summed E-state index contributed by atoms with van der Waals surface area (Å²) in [4.78, 5) is 23.3. The number of hydrogen-bond donors (Lipinski definition) is 0. The molecule has 0 N–H and O–H groups in total. The molecule has 0 radical (unpaired) electrons. The van der Waals surface area contributed by atoms with Gasteiger partial charge in [-0.25, -0.2) is 9.97 Å². The van der Waals surface area contributed by atoms with Crippen LogP contribution >= 0.6 is 23.1 Å². The van der Waals surface area contributed by atoms with E-state index in [1.807, 2.05) is 6.92 Å². The Kier molecular flexibility index (Phi) is 4.17. The van der Waals surface area contributed by atoms with Crippen LogP contribution in [0.2, 0.25) is 0 Å². The van der Waals surface area contributed by atoms with Gasteiger partial charge in [0.15, 0.2) is 0 Å². The highest BCUT2D eigenvalue weighted by molar-refractivity contribution is 8.00. The average molecular weight is 322 g/mol. The molecule has 4 nitrogen and oxygen atoms in total. The number of esters is 1. The third kappa shape index (κ3) is 3.06. The molecule has 0 atom stereocenters. The van der Waals surface area contributed by atoms with Crippen molar-refractivity contribution in [1.29, 1.82) is 0 Å². The summed E-state index contributed by atoms with van der Waals surface area (Å²) in [5.74, 6) is 1.57. The lowest BCUT2D eigenvalue weighted by atomic mass is 10.2. The average Bonchev–Trinajstić information content (AvgIpc) is 3.25. The van der Waals surface area contributed by atoms with Crippen molar-refractivity contribution in [2.45, 2.75) is 44.6 Å². The van der Waals surface area contributed by atoms with Gasteiger partial charge < -0.3 is 4.74 Å². The smallest absolute Gasteiger partial charge is 0.316 e. The first-order valence-electron chi connectivity index (χ1n) is 7.16. The lowest BCUT2D eigenvalue weighted by molar-refractivity contribution is -0.139. The molecule has 0 bridgehead atoms. The van der Waals surface area contributed by atoms with Gasteiger partial charge in [0, 0.05) is 16.2 Å². The topological polar surface area (TPSA) is 52.1 Å². The van der Waals surface area contributed by atoms with Crippen molar-refractivity contribution in [3.8, 4) is 0 Å². The largest absolute Gasteiger partial charge is 0.465 e. The van der Waals surface area contributed by atoms with Crippen molar-refractivity contribution >= 4 is 39.3 Å². The molecular weight excluding hydrogens is 304 g/mol. The highest BCUT2D eigenvalue weighted by Gasteiger charge is 2.28. The quantitative estimate of drug-likeness (QED) is 0.475. The molecule has 112 valence electrons. The van der Waals surface area contributed by atoms with Gasteiger partial charge in [-0.1, -0.05) is 11.8 Å². The Labute approximate surface area is 132 Å². The standard InChI is InChI=1S/C15H18N2O2S2/c1-4-19-11(18)7-20-14-12-8(2)9(3)21-15(12)17-13(16-14)10-5-6-10/h10H,4-7H2,1-3H3. The summed E-state index contributed by atoms with van der Waals surface area (Å²) in [5.41, 5.74) is 1.23. The summed E-state index contributed by atoms with van der Waals surface area (Å²) < 4.78 is 5.00.